The maximum Gasteiger partial charge on any atom is 0.276 e. The van der Waals surface area contributed by atoms with Crippen LogP contribution in [0.25, 0.3) is 11.0 Å². The molecule has 8 nitrogen and oxygen atoms in total. The molecule has 0 aliphatic carbocycles. The summed E-state index contributed by atoms with van der Waals surface area (Å²) in [6, 6.07) is 11.0. The van der Waals surface area contributed by atoms with E-state index >= 15 is 0 Å². The minimum atomic E-state index is -3.87. The van der Waals surface area contributed by atoms with Crippen molar-refractivity contribution >= 4 is 32.6 Å². The van der Waals surface area contributed by atoms with Crippen molar-refractivity contribution in [3.63, 3.8) is 0 Å². The van der Waals surface area contributed by atoms with Crippen molar-refractivity contribution in [3.05, 3.63) is 48.2 Å². The summed E-state index contributed by atoms with van der Waals surface area (Å²) in [7, 11) is -2.37. The molecule has 0 unspecified atom stereocenters. The van der Waals surface area contributed by atoms with Gasteiger partial charge in [0.1, 0.15) is 5.75 Å². The van der Waals surface area contributed by atoms with Crippen LogP contribution in [0.1, 0.15) is 29.8 Å². The predicted octanol–water partition coefficient (Wildman–Crippen LogP) is 3.26. The molecule has 0 spiro atoms. The Balaban J connectivity index is 1.66. The summed E-state index contributed by atoms with van der Waals surface area (Å²) in [4.78, 5) is 14.6. The summed E-state index contributed by atoms with van der Waals surface area (Å²) in [5, 5.41) is 4.29. The van der Waals surface area contributed by atoms with Gasteiger partial charge in [-0.25, -0.2) is 8.42 Å². The number of methoxy groups -OCH3 is 1. The maximum atomic E-state index is 12.9. The summed E-state index contributed by atoms with van der Waals surface area (Å²) in [5.74, 6) is 0.299. The summed E-state index contributed by atoms with van der Waals surface area (Å²) >= 11 is 0. The van der Waals surface area contributed by atoms with Crippen molar-refractivity contribution in [1.29, 1.82) is 0 Å². The van der Waals surface area contributed by atoms with Gasteiger partial charge < -0.3 is 14.2 Å². The van der Waals surface area contributed by atoms with Gasteiger partial charge in [-0.1, -0.05) is 11.2 Å². The summed E-state index contributed by atoms with van der Waals surface area (Å²) in [5.41, 5.74) is 0.880. The number of nitrogens with zero attached hydrogens (tertiary/aromatic N) is 2. The number of rotatable bonds is 5. The number of hydrogen-bond acceptors (Lipinski definition) is 6. The van der Waals surface area contributed by atoms with E-state index < -0.39 is 10.0 Å². The first-order chi connectivity index (χ1) is 14.0. The Labute approximate surface area is 168 Å². The number of carbonyl (C=O) groups is 1. The minimum Gasteiger partial charge on any atom is -0.497 e. The summed E-state index contributed by atoms with van der Waals surface area (Å²) < 4.78 is 38.6. The van der Waals surface area contributed by atoms with Crippen LogP contribution in [-0.4, -0.2) is 44.6 Å². The molecule has 1 amide bonds. The number of anilines is 1. The van der Waals surface area contributed by atoms with Gasteiger partial charge in [-0.05, 0) is 49.6 Å². The number of benzene rings is 2. The molecule has 1 aliphatic rings. The third-order valence-corrected chi connectivity index (χ3v) is 6.30. The average molecular weight is 415 g/mol. The number of likely N-dealkylation sites (tertiary alicyclic amines) is 1. The number of ether oxygens (including phenoxy) is 1. The van der Waals surface area contributed by atoms with Crippen LogP contribution in [0.3, 0.4) is 0 Å². The lowest BCUT2D eigenvalue weighted by Gasteiger charge is -2.25. The Kier molecular flexibility index (Phi) is 5.14. The zero-order valence-corrected chi connectivity index (χ0v) is 16.7. The lowest BCUT2D eigenvalue weighted by Crippen LogP contribution is -2.35. The minimum absolute atomic E-state index is 0.0173. The van der Waals surface area contributed by atoms with Crippen LogP contribution >= 0.6 is 0 Å². The fraction of sp³-hybridized carbons (Fsp3) is 0.300. The Morgan fingerprint density at radius 1 is 1.14 bits per heavy atom. The SMILES string of the molecule is COc1cccc(NS(=O)(=O)c2ccc3onc(C(=O)N4CCCCC4)c3c2)c1. The van der Waals surface area contributed by atoms with E-state index in [4.69, 9.17) is 9.26 Å². The average Bonchev–Trinajstić information content (AvgIpc) is 3.17. The highest BCUT2D eigenvalue weighted by Gasteiger charge is 2.25. The topological polar surface area (TPSA) is 102 Å². The number of carbonyl (C=O) groups excluding carboxylic acids is 1. The van der Waals surface area contributed by atoms with Crippen LogP contribution in [-0.2, 0) is 10.0 Å². The van der Waals surface area contributed by atoms with Gasteiger partial charge in [-0.3, -0.25) is 9.52 Å². The molecule has 2 heterocycles. The number of fused-ring (bicyclic) bond motifs is 1. The standard InChI is InChI=1S/C20H21N3O5S/c1-27-15-7-5-6-14(12-15)22-29(25,26)16-8-9-18-17(13-16)19(21-28-18)20(24)23-10-3-2-4-11-23/h5-9,12-13,22H,2-4,10-11H2,1H3. The van der Waals surface area contributed by atoms with Gasteiger partial charge in [0, 0.05) is 19.2 Å². The van der Waals surface area contributed by atoms with Crippen LogP contribution in [0, 0.1) is 0 Å². The van der Waals surface area contributed by atoms with Crippen LogP contribution in [0.15, 0.2) is 51.9 Å². The monoisotopic (exact) mass is 415 g/mol. The van der Waals surface area contributed by atoms with E-state index in [-0.39, 0.29) is 16.5 Å². The Hall–Kier alpha value is -3.07. The third-order valence-electron chi connectivity index (χ3n) is 4.92. The van der Waals surface area contributed by atoms with E-state index in [0.717, 1.165) is 19.3 Å². The second-order valence-corrected chi connectivity index (χ2v) is 8.56. The van der Waals surface area contributed by atoms with Gasteiger partial charge in [0.15, 0.2) is 11.3 Å². The first-order valence-electron chi connectivity index (χ1n) is 9.33. The summed E-state index contributed by atoms with van der Waals surface area (Å²) in [6.07, 6.45) is 3.00. The van der Waals surface area contributed by atoms with Gasteiger partial charge in [0.05, 0.1) is 23.1 Å². The van der Waals surface area contributed by atoms with E-state index in [9.17, 15) is 13.2 Å². The molecule has 0 atom stereocenters. The van der Waals surface area contributed by atoms with Crippen LogP contribution in [0.4, 0.5) is 5.69 Å². The highest BCUT2D eigenvalue weighted by atomic mass is 32.2. The van der Waals surface area contributed by atoms with Gasteiger partial charge in [0.25, 0.3) is 15.9 Å². The Morgan fingerprint density at radius 2 is 1.93 bits per heavy atom. The van der Waals surface area contributed by atoms with Crippen molar-refractivity contribution in [2.75, 3.05) is 24.9 Å². The number of piperidine rings is 1. The molecule has 1 aliphatic heterocycles. The van der Waals surface area contributed by atoms with Crippen LogP contribution < -0.4 is 9.46 Å². The van der Waals surface area contributed by atoms with E-state index in [1.807, 2.05) is 0 Å². The molecule has 2 aromatic carbocycles. The Bertz CT molecular complexity index is 1150. The number of sulfonamides is 1. The molecule has 29 heavy (non-hydrogen) atoms. The molecule has 1 aromatic heterocycles. The van der Waals surface area contributed by atoms with Gasteiger partial charge >= 0.3 is 0 Å². The first-order valence-corrected chi connectivity index (χ1v) is 10.8. The molecule has 3 aromatic rings. The van der Waals surface area contributed by atoms with Gasteiger partial charge in [0.2, 0.25) is 0 Å². The van der Waals surface area contributed by atoms with E-state index in [0.29, 0.717) is 35.5 Å². The molecular weight excluding hydrogens is 394 g/mol. The van der Waals surface area contributed by atoms with Crippen LogP contribution in [0.5, 0.6) is 5.75 Å². The number of hydrogen-bond donors (Lipinski definition) is 1. The highest BCUT2D eigenvalue weighted by molar-refractivity contribution is 7.92. The quantitative estimate of drug-likeness (QED) is 0.686. The molecule has 0 radical (unpaired) electrons. The van der Waals surface area contributed by atoms with Crippen molar-refractivity contribution in [2.24, 2.45) is 0 Å². The molecule has 152 valence electrons. The number of amides is 1. The third kappa shape index (κ3) is 3.91. The summed E-state index contributed by atoms with van der Waals surface area (Å²) in [6.45, 7) is 1.34. The lowest BCUT2D eigenvalue weighted by atomic mass is 10.1. The fourth-order valence-electron chi connectivity index (χ4n) is 3.39. The molecule has 0 bridgehead atoms. The maximum absolute atomic E-state index is 12.9. The van der Waals surface area contributed by atoms with Crippen molar-refractivity contribution in [3.8, 4) is 5.75 Å². The van der Waals surface area contributed by atoms with Crippen molar-refractivity contribution in [2.45, 2.75) is 24.2 Å². The lowest BCUT2D eigenvalue weighted by molar-refractivity contribution is 0.0716. The molecule has 1 saturated heterocycles. The zero-order valence-electron chi connectivity index (χ0n) is 15.9. The second kappa shape index (κ2) is 7.75. The van der Waals surface area contributed by atoms with Crippen molar-refractivity contribution in [1.82, 2.24) is 10.1 Å². The number of aromatic nitrogens is 1. The molecular formula is C20H21N3O5S. The predicted molar refractivity (Wildman–Crippen MR) is 108 cm³/mol. The smallest absolute Gasteiger partial charge is 0.276 e. The Morgan fingerprint density at radius 3 is 2.69 bits per heavy atom. The van der Waals surface area contributed by atoms with Crippen molar-refractivity contribution < 1.29 is 22.5 Å². The molecule has 9 heteroatoms. The molecule has 1 N–H and O–H groups in total. The van der Waals surface area contributed by atoms with E-state index in [1.54, 1.807) is 29.2 Å². The largest absolute Gasteiger partial charge is 0.497 e. The second-order valence-electron chi connectivity index (χ2n) is 6.88. The van der Waals surface area contributed by atoms with Crippen LogP contribution in [0.2, 0.25) is 0 Å². The zero-order chi connectivity index (χ0) is 20.4. The van der Waals surface area contributed by atoms with Gasteiger partial charge in [-0.2, -0.15) is 0 Å². The highest BCUT2D eigenvalue weighted by Crippen LogP contribution is 2.26. The molecule has 4 rings (SSSR count). The van der Waals surface area contributed by atoms with E-state index in [2.05, 4.69) is 9.88 Å². The first kappa shape index (κ1) is 19.3. The molecule has 1 fully saturated rings. The number of nitrogens with one attached hydrogen (secondary N) is 1. The van der Waals surface area contributed by atoms with Gasteiger partial charge in [-0.15, -0.1) is 0 Å². The fourth-order valence-corrected chi connectivity index (χ4v) is 4.46. The van der Waals surface area contributed by atoms with E-state index in [1.165, 1.54) is 25.3 Å². The normalized spacial score (nSPS) is 14.7. The molecule has 0 saturated carbocycles.